The van der Waals surface area contributed by atoms with E-state index in [-0.39, 0.29) is 10.1 Å². The van der Waals surface area contributed by atoms with Crippen molar-refractivity contribution in [2.45, 2.75) is 10.1 Å². The van der Waals surface area contributed by atoms with Crippen LogP contribution in [0.5, 0.6) is 0 Å². The Hall–Kier alpha value is -2.73. The highest BCUT2D eigenvalue weighted by Gasteiger charge is 2.23. The predicted molar refractivity (Wildman–Crippen MR) is 79.2 cm³/mol. The molecule has 22 heavy (non-hydrogen) atoms. The van der Waals surface area contributed by atoms with E-state index in [9.17, 15) is 13.2 Å². The van der Waals surface area contributed by atoms with Crippen LogP contribution < -0.4 is 0 Å². The van der Waals surface area contributed by atoms with E-state index in [4.69, 9.17) is 4.42 Å². The van der Waals surface area contributed by atoms with Crippen molar-refractivity contribution < 1.29 is 17.6 Å². The number of nitrogens with zero attached hydrogens (tertiary/aromatic N) is 1. The molecule has 3 aromatic rings. The lowest BCUT2D eigenvalue weighted by molar-refractivity contribution is 0.112. The molecule has 1 heterocycles. The van der Waals surface area contributed by atoms with Crippen LogP contribution in [0.15, 0.2) is 75.3 Å². The fraction of sp³-hybridized carbons (Fsp3) is 0. The third-order valence-electron chi connectivity index (χ3n) is 3.10. The highest BCUT2D eigenvalue weighted by Crippen LogP contribution is 2.26. The average Bonchev–Trinajstić information content (AvgIpc) is 3.06. The standard InChI is InChI=1S/C16H11NO4S/c18-11-12-6-8-13(9-7-12)15-10-17-16(21-15)22(19,20)14-4-2-1-3-5-14/h1-11H. The maximum absolute atomic E-state index is 12.4. The van der Waals surface area contributed by atoms with Crippen LogP contribution in [0.2, 0.25) is 0 Å². The fourth-order valence-electron chi connectivity index (χ4n) is 1.94. The molecule has 0 atom stereocenters. The zero-order valence-corrected chi connectivity index (χ0v) is 12.2. The molecule has 3 rings (SSSR count). The van der Waals surface area contributed by atoms with Gasteiger partial charge in [-0.05, 0) is 12.1 Å². The summed E-state index contributed by atoms with van der Waals surface area (Å²) in [6.07, 6.45) is 2.08. The van der Waals surface area contributed by atoms with Gasteiger partial charge in [0, 0.05) is 11.1 Å². The molecular weight excluding hydrogens is 302 g/mol. The minimum absolute atomic E-state index is 0.125. The summed E-state index contributed by atoms with van der Waals surface area (Å²) >= 11 is 0. The van der Waals surface area contributed by atoms with E-state index >= 15 is 0 Å². The molecule has 0 saturated carbocycles. The van der Waals surface area contributed by atoms with Crippen LogP contribution in [0.25, 0.3) is 11.3 Å². The fourth-order valence-corrected chi connectivity index (χ4v) is 3.05. The third-order valence-corrected chi connectivity index (χ3v) is 4.64. The van der Waals surface area contributed by atoms with Crippen LogP contribution in [-0.2, 0) is 9.84 Å². The highest BCUT2D eigenvalue weighted by molar-refractivity contribution is 7.91. The van der Waals surface area contributed by atoms with Gasteiger partial charge in [0.15, 0.2) is 5.76 Å². The summed E-state index contributed by atoms with van der Waals surface area (Å²) in [5.74, 6) is 0.326. The van der Waals surface area contributed by atoms with Crippen molar-refractivity contribution in [3.05, 3.63) is 66.4 Å². The summed E-state index contributed by atoms with van der Waals surface area (Å²) in [5.41, 5.74) is 1.17. The summed E-state index contributed by atoms with van der Waals surface area (Å²) < 4.78 is 30.1. The van der Waals surface area contributed by atoms with Crippen molar-refractivity contribution in [3.63, 3.8) is 0 Å². The molecule has 1 aromatic heterocycles. The van der Waals surface area contributed by atoms with Crippen LogP contribution >= 0.6 is 0 Å². The third kappa shape index (κ3) is 2.56. The molecule has 0 spiro atoms. The molecule has 0 aliphatic heterocycles. The van der Waals surface area contributed by atoms with Gasteiger partial charge in [-0.15, -0.1) is 0 Å². The summed E-state index contributed by atoms with van der Waals surface area (Å²) in [6.45, 7) is 0. The van der Waals surface area contributed by atoms with Crippen LogP contribution in [0.3, 0.4) is 0 Å². The SMILES string of the molecule is O=Cc1ccc(-c2cnc(S(=O)(=O)c3ccccc3)o2)cc1. The van der Waals surface area contributed by atoms with E-state index in [1.165, 1.54) is 18.3 Å². The van der Waals surface area contributed by atoms with Crippen molar-refractivity contribution in [1.82, 2.24) is 4.98 Å². The Morgan fingerprint density at radius 3 is 2.27 bits per heavy atom. The molecule has 0 N–H and O–H groups in total. The van der Waals surface area contributed by atoms with Gasteiger partial charge in [-0.25, -0.2) is 13.4 Å². The normalized spacial score (nSPS) is 11.3. The topological polar surface area (TPSA) is 77.2 Å². The summed E-state index contributed by atoms with van der Waals surface area (Å²) in [4.78, 5) is 14.6. The first-order valence-corrected chi connectivity index (χ1v) is 7.91. The molecule has 6 heteroatoms. The molecule has 5 nitrogen and oxygen atoms in total. The number of carbonyl (C=O) groups is 1. The van der Waals surface area contributed by atoms with Crippen molar-refractivity contribution in [3.8, 4) is 11.3 Å². The Kier molecular flexibility index (Phi) is 3.60. The van der Waals surface area contributed by atoms with E-state index in [1.54, 1.807) is 42.5 Å². The number of rotatable bonds is 4. The molecular formula is C16H11NO4S. The van der Waals surface area contributed by atoms with Crippen LogP contribution in [-0.4, -0.2) is 19.7 Å². The molecule has 0 aliphatic carbocycles. The smallest absolute Gasteiger partial charge is 0.320 e. The average molecular weight is 313 g/mol. The molecule has 0 bridgehead atoms. The molecule has 0 saturated heterocycles. The lowest BCUT2D eigenvalue weighted by Crippen LogP contribution is -2.01. The van der Waals surface area contributed by atoms with Crippen molar-refractivity contribution >= 4 is 16.1 Å². The summed E-state index contributed by atoms with van der Waals surface area (Å²) in [7, 11) is -3.77. The number of benzene rings is 2. The van der Waals surface area contributed by atoms with Gasteiger partial charge in [-0.1, -0.05) is 42.5 Å². The maximum atomic E-state index is 12.4. The van der Waals surface area contributed by atoms with E-state index in [0.717, 1.165) is 6.29 Å². The second kappa shape index (κ2) is 5.57. The minimum Gasteiger partial charge on any atom is -0.428 e. The van der Waals surface area contributed by atoms with E-state index in [1.807, 2.05) is 0 Å². The van der Waals surface area contributed by atoms with Gasteiger partial charge >= 0.3 is 5.22 Å². The first kappa shape index (κ1) is 14.2. The zero-order valence-electron chi connectivity index (χ0n) is 11.3. The molecule has 0 radical (unpaired) electrons. The molecule has 110 valence electrons. The second-order valence-corrected chi connectivity index (χ2v) is 6.37. The maximum Gasteiger partial charge on any atom is 0.320 e. The lowest BCUT2D eigenvalue weighted by atomic mass is 10.1. The number of sulfone groups is 1. The Morgan fingerprint density at radius 2 is 1.64 bits per heavy atom. The number of aromatic nitrogens is 1. The highest BCUT2D eigenvalue weighted by atomic mass is 32.2. The van der Waals surface area contributed by atoms with Gasteiger partial charge in [-0.2, -0.15) is 0 Å². The predicted octanol–water partition coefficient (Wildman–Crippen LogP) is 2.99. The molecule has 0 aliphatic rings. The first-order valence-electron chi connectivity index (χ1n) is 6.43. The molecule has 0 amide bonds. The largest absolute Gasteiger partial charge is 0.428 e. The number of hydrogen-bond acceptors (Lipinski definition) is 5. The van der Waals surface area contributed by atoms with Crippen LogP contribution in [0, 0.1) is 0 Å². The van der Waals surface area contributed by atoms with Crippen molar-refractivity contribution in [2.75, 3.05) is 0 Å². The summed E-state index contributed by atoms with van der Waals surface area (Å²) in [6, 6.07) is 14.5. The quantitative estimate of drug-likeness (QED) is 0.692. The monoisotopic (exact) mass is 313 g/mol. The Bertz CT molecular complexity index is 897. The van der Waals surface area contributed by atoms with Gasteiger partial charge in [0.1, 0.15) is 6.29 Å². The first-order chi connectivity index (χ1) is 10.6. The molecule has 2 aromatic carbocycles. The molecule has 0 unspecified atom stereocenters. The zero-order chi connectivity index (χ0) is 15.6. The second-order valence-electron chi connectivity index (χ2n) is 4.55. The van der Waals surface area contributed by atoms with Crippen molar-refractivity contribution in [2.24, 2.45) is 0 Å². The lowest BCUT2D eigenvalue weighted by Gasteiger charge is -1.99. The van der Waals surface area contributed by atoms with Crippen LogP contribution in [0.4, 0.5) is 0 Å². The van der Waals surface area contributed by atoms with Gasteiger partial charge in [0.05, 0.1) is 11.1 Å². The number of carbonyl (C=O) groups excluding carboxylic acids is 1. The van der Waals surface area contributed by atoms with Gasteiger partial charge in [0.2, 0.25) is 0 Å². The van der Waals surface area contributed by atoms with Crippen LogP contribution in [0.1, 0.15) is 10.4 Å². The van der Waals surface area contributed by atoms with Crippen molar-refractivity contribution in [1.29, 1.82) is 0 Å². The van der Waals surface area contributed by atoms with E-state index in [2.05, 4.69) is 4.98 Å². The Morgan fingerprint density at radius 1 is 0.955 bits per heavy atom. The Labute approximate surface area is 127 Å². The van der Waals surface area contributed by atoms with E-state index < -0.39 is 9.84 Å². The Balaban J connectivity index is 1.98. The number of hydrogen-bond donors (Lipinski definition) is 0. The molecule has 0 fully saturated rings. The van der Waals surface area contributed by atoms with Gasteiger partial charge in [0.25, 0.3) is 9.84 Å². The number of aldehydes is 1. The van der Waals surface area contributed by atoms with Gasteiger partial charge < -0.3 is 4.42 Å². The summed E-state index contributed by atoms with van der Waals surface area (Å²) in [5, 5.41) is -0.354. The minimum atomic E-state index is -3.77. The van der Waals surface area contributed by atoms with E-state index in [0.29, 0.717) is 16.9 Å². The number of oxazole rings is 1. The van der Waals surface area contributed by atoms with Gasteiger partial charge in [-0.3, -0.25) is 4.79 Å².